The van der Waals surface area contributed by atoms with Crippen LogP contribution in [0.25, 0.3) is 17.2 Å². The number of hydrogen-bond donors (Lipinski definition) is 1. The summed E-state index contributed by atoms with van der Waals surface area (Å²) in [5, 5.41) is 9.32. The van der Waals surface area contributed by atoms with Gasteiger partial charge in [0.25, 0.3) is 0 Å². The number of hydrogen-bond acceptors (Lipinski definition) is 2. The van der Waals surface area contributed by atoms with Crippen LogP contribution in [-0.4, -0.2) is 18.1 Å². The maximum atomic E-state index is 13.9. The maximum absolute atomic E-state index is 13.9. The lowest BCUT2D eigenvalue weighted by molar-refractivity contribution is -0.135. The minimum absolute atomic E-state index is 0.123. The van der Waals surface area contributed by atoms with Gasteiger partial charge in [0.2, 0.25) is 0 Å². The molecule has 4 rings (SSSR count). The van der Waals surface area contributed by atoms with E-state index in [0.717, 1.165) is 34.5 Å². The quantitative estimate of drug-likeness (QED) is 0.518. The van der Waals surface area contributed by atoms with E-state index < -0.39 is 5.97 Å². The molecule has 0 unspecified atom stereocenters. The van der Waals surface area contributed by atoms with Gasteiger partial charge in [-0.05, 0) is 82.3 Å². The first-order valence-electron chi connectivity index (χ1n) is 10.2. The molecule has 1 aliphatic rings. The van der Waals surface area contributed by atoms with Crippen LogP contribution in [-0.2, 0) is 11.3 Å². The van der Waals surface area contributed by atoms with Gasteiger partial charge >= 0.3 is 5.97 Å². The minimum Gasteiger partial charge on any atom is -0.481 e. The summed E-state index contributed by atoms with van der Waals surface area (Å²) in [6.07, 6.45) is 1.94. The van der Waals surface area contributed by atoms with Crippen LogP contribution < -0.4 is 4.90 Å². The predicted molar refractivity (Wildman–Crippen MR) is 124 cm³/mol. The van der Waals surface area contributed by atoms with Crippen molar-refractivity contribution < 1.29 is 14.3 Å². The van der Waals surface area contributed by atoms with Crippen LogP contribution in [0.5, 0.6) is 0 Å². The SMILES string of the molecule is CC1=C(CC(=O)O)c2cc(F)ccc2/C1=C\c1cccc(CN(C)c2ccccc2)c1. The molecular weight excluding hydrogens is 389 g/mol. The molecule has 3 aromatic carbocycles. The predicted octanol–water partition coefficient (Wildman–Crippen LogP) is 6.26. The Kier molecular flexibility index (Phi) is 5.72. The fraction of sp³-hybridized carbons (Fsp3) is 0.148. The van der Waals surface area contributed by atoms with Crippen molar-refractivity contribution in [2.75, 3.05) is 11.9 Å². The number of rotatable bonds is 6. The molecule has 1 N–H and O–H groups in total. The Morgan fingerprint density at radius 2 is 1.77 bits per heavy atom. The van der Waals surface area contributed by atoms with Crippen LogP contribution in [0.15, 0.2) is 78.4 Å². The van der Waals surface area contributed by atoms with E-state index in [1.54, 1.807) is 6.07 Å². The zero-order valence-electron chi connectivity index (χ0n) is 17.6. The molecule has 1 aliphatic carbocycles. The zero-order valence-corrected chi connectivity index (χ0v) is 17.6. The Morgan fingerprint density at radius 1 is 1.00 bits per heavy atom. The van der Waals surface area contributed by atoms with E-state index in [-0.39, 0.29) is 12.2 Å². The van der Waals surface area contributed by atoms with Crippen molar-refractivity contribution in [3.8, 4) is 0 Å². The maximum Gasteiger partial charge on any atom is 0.307 e. The number of carbonyl (C=O) groups is 1. The van der Waals surface area contributed by atoms with Gasteiger partial charge in [0.1, 0.15) is 5.82 Å². The highest BCUT2D eigenvalue weighted by atomic mass is 19.1. The Labute approximate surface area is 181 Å². The standard InChI is InChI=1S/C27H24FNO2/c1-18-24(23-12-11-21(28)15-26(23)25(18)16-27(30)31)14-19-7-6-8-20(13-19)17-29(2)22-9-4-3-5-10-22/h3-15H,16-17H2,1-2H3,(H,30,31)/b24-14-. The smallest absolute Gasteiger partial charge is 0.307 e. The monoisotopic (exact) mass is 413 g/mol. The molecule has 3 aromatic rings. The fourth-order valence-electron chi connectivity index (χ4n) is 4.13. The van der Waals surface area contributed by atoms with Crippen molar-refractivity contribution in [1.29, 1.82) is 0 Å². The Bertz CT molecular complexity index is 1190. The molecule has 4 heteroatoms. The normalized spacial score (nSPS) is 14.1. The second-order valence-corrected chi connectivity index (χ2v) is 7.86. The molecule has 0 saturated heterocycles. The Morgan fingerprint density at radius 3 is 2.52 bits per heavy atom. The molecule has 0 aliphatic heterocycles. The van der Waals surface area contributed by atoms with E-state index in [1.807, 2.05) is 37.3 Å². The van der Waals surface area contributed by atoms with Gasteiger partial charge in [-0.1, -0.05) is 42.5 Å². The molecule has 0 radical (unpaired) electrons. The summed E-state index contributed by atoms with van der Waals surface area (Å²) < 4.78 is 13.9. The summed E-state index contributed by atoms with van der Waals surface area (Å²) in [6, 6.07) is 23.1. The number of benzene rings is 3. The van der Waals surface area contributed by atoms with Gasteiger partial charge in [-0.15, -0.1) is 0 Å². The van der Waals surface area contributed by atoms with E-state index in [0.29, 0.717) is 11.1 Å². The first-order chi connectivity index (χ1) is 14.9. The molecule has 156 valence electrons. The molecule has 0 saturated carbocycles. The molecule has 0 atom stereocenters. The molecular formula is C27H24FNO2. The lowest BCUT2D eigenvalue weighted by Gasteiger charge is -2.19. The first kappa shape index (κ1) is 20.6. The minimum atomic E-state index is -0.920. The molecule has 0 aromatic heterocycles. The van der Waals surface area contributed by atoms with E-state index in [1.165, 1.54) is 17.7 Å². The van der Waals surface area contributed by atoms with E-state index in [9.17, 15) is 14.3 Å². The van der Waals surface area contributed by atoms with Gasteiger partial charge in [0.15, 0.2) is 0 Å². The van der Waals surface area contributed by atoms with Crippen LogP contribution in [0.3, 0.4) is 0 Å². The summed E-state index contributed by atoms with van der Waals surface area (Å²) in [6.45, 7) is 2.68. The third kappa shape index (κ3) is 4.43. The van der Waals surface area contributed by atoms with Crippen LogP contribution in [0.1, 0.15) is 35.6 Å². The third-order valence-corrected chi connectivity index (χ3v) is 5.66. The van der Waals surface area contributed by atoms with Gasteiger partial charge < -0.3 is 10.0 Å². The van der Waals surface area contributed by atoms with Crippen molar-refractivity contribution in [2.45, 2.75) is 19.9 Å². The lowest BCUT2D eigenvalue weighted by Crippen LogP contribution is -2.16. The number of halogens is 1. The van der Waals surface area contributed by atoms with Crippen molar-refractivity contribution in [3.63, 3.8) is 0 Å². The van der Waals surface area contributed by atoms with Gasteiger partial charge in [0.05, 0.1) is 6.42 Å². The average molecular weight is 413 g/mol. The topological polar surface area (TPSA) is 40.5 Å². The van der Waals surface area contributed by atoms with Crippen LogP contribution >= 0.6 is 0 Å². The number of fused-ring (bicyclic) bond motifs is 1. The molecule has 0 bridgehead atoms. The average Bonchev–Trinajstić information content (AvgIpc) is 2.99. The van der Waals surface area contributed by atoms with Crippen molar-refractivity contribution in [1.82, 2.24) is 0 Å². The highest BCUT2D eigenvalue weighted by Crippen LogP contribution is 2.43. The third-order valence-electron chi connectivity index (χ3n) is 5.66. The van der Waals surface area contributed by atoms with E-state index in [2.05, 4.69) is 42.3 Å². The summed E-state index contributed by atoms with van der Waals surface area (Å²) in [7, 11) is 2.06. The van der Waals surface area contributed by atoms with E-state index >= 15 is 0 Å². The number of aliphatic carboxylic acids is 1. The molecule has 0 heterocycles. The Hall–Kier alpha value is -3.66. The summed E-state index contributed by atoms with van der Waals surface area (Å²) in [5.74, 6) is -1.28. The zero-order chi connectivity index (χ0) is 22.0. The number of allylic oxidation sites excluding steroid dienone is 2. The van der Waals surface area contributed by atoms with Crippen LogP contribution in [0.4, 0.5) is 10.1 Å². The second-order valence-electron chi connectivity index (χ2n) is 7.86. The molecule has 3 nitrogen and oxygen atoms in total. The van der Waals surface area contributed by atoms with Gasteiger partial charge in [-0.25, -0.2) is 4.39 Å². The molecule has 0 amide bonds. The number of carboxylic acids is 1. The molecule has 0 fully saturated rings. The largest absolute Gasteiger partial charge is 0.481 e. The summed E-state index contributed by atoms with van der Waals surface area (Å²) in [5.41, 5.74) is 7.40. The first-order valence-corrected chi connectivity index (χ1v) is 10.2. The number of para-hydroxylation sites is 1. The van der Waals surface area contributed by atoms with Gasteiger partial charge in [0, 0.05) is 19.3 Å². The molecule has 0 spiro atoms. The highest BCUT2D eigenvalue weighted by molar-refractivity contribution is 6.07. The highest BCUT2D eigenvalue weighted by Gasteiger charge is 2.25. The number of anilines is 1. The van der Waals surface area contributed by atoms with E-state index in [4.69, 9.17) is 0 Å². The van der Waals surface area contributed by atoms with Crippen molar-refractivity contribution in [2.24, 2.45) is 0 Å². The second kappa shape index (κ2) is 8.60. The Balaban J connectivity index is 1.68. The molecule has 31 heavy (non-hydrogen) atoms. The lowest BCUT2D eigenvalue weighted by atomic mass is 9.99. The summed E-state index contributed by atoms with van der Waals surface area (Å²) in [4.78, 5) is 13.6. The number of nitrogens with zero attached hydrogens (tertiary/aromatic N) is 1. The van der Waals surface area contributed by atoms with Gasteiger partial charge in [-0.3, -0.25) is 4.79 Å². The van der Waals surface area contributed by atoms with Gasteiger partial charge in [-0.2, -0.15) is 0 Å². The van der Waals surface area contributed by atoms with Crippen molar-refractivity contribution in [3.05, 3.63) is 106 Å². The number of carboxylic acid groups (broad SMARTS) is 1. The van der Waals surface area contributed by atoms with Crippen LogP contribution in [0.2, 0.25) is 0 Å². The van der Waals surface area contributed by atoms with Crippen molar-refractivity contribution >= 4 is 28.9 Å². The fourth-order valence-corrected chi connectivity index (χ4v) is 4.13. The van der Waals surface area contributed by atoms with Crippen LogP contribution in [0, 0.1) is 5.82 Å². The summed E-state index contributed by atoms with van der Waals surface area (Å²) >= 11 is 0.